The van der Waals surface area contributed by atoms with Crippen LogP contribution in [0.5, 0.6) is 0 Å². The van der Waals surface area contributed by atoms with Crippen molar-refractivity contribution in [1.29, 1.82) is 0 Å². The van der Waals surface area contributed by atoms with E-state index in [4.69, 9.17) is 8.85 Å². The van der Waals surface area contributed by atoms with Crippen LogP contribution in [0.2, 0.25) is 0 Å². The van der Waals surface area contributed by atoms with Gasteiger partial charge in [-0.2, -0.15) is 0 Å². The van der Waals surface area contributed by atoms with E-state index in [1.165, 1.54) is 0 Å². The normalized spacial score (nSPS) is 11.4. The molecule has 0 spiro atoms. The first-order valence-electron chi connectivity index (χ1n) is 3.62. The first-order chi connectivity index (χ1) is 4.72. The predicted molar refractivity (Wildman–Crippen MR) is 44.1 cm³/mol. The molecule has 0 aliphatic rings. The van der Waals surface area contributed by atoms with Crippen LogP contribution < -0.4 is 0 Å². The zero-order valence-electron chi connectivity index (χ0n) is 7.26. The van der Waals surface area contributed by atoms with Gasteiger partial charge in [0, 0.05) is 13.2 Å². The number of rotatable bonds is 5. The van der Waals surface area contributed by atoms with Crippen molar-refractivity contribution in [3.05, 3.63) is 0 Å². The van der Waals surface area contributed by atoms with Gasteiger partial charge in [-0.1, -0.05) is 0 Å². The molecule has 0 aliphatic carbocycles. The Morgan fingerprint density at radius 2 is 1.50 bits per heavy atom. The van der Waals surface area contributed by atoms with Crippen molar-refractivity contribution >= 4 is 9.45 Å². The van der Waals surface area contributed by atoms with E-state index in [0.717, 1.165) is 13.2 Å². The molecule has 0 heterocycles. The lowest BCUT2D eigenvalue weighted by Crippen LogP contribution is -2.39. The smallest absolute Gasteiger partial charge is 0.385 e. The van der Waals surface area contributed by atoms with E-state index in [0.29, 0.717) is 0 Å². The van der Waals surface area contributed by atoms with Gasteiger partial charge in [0.25, 0.3) is 0 Å². The molecule has 0 aromatic carbocycles. The first kappa shape index (κ1) is 10.1. The monoisotopic (exact) mass is 163 g/mol. The highest BCUT2D eigenvalue weighted by atomic mass is 28.3. The van der Waals surface area contributed by atoms with Crippen molar-refractivity contribution in [2.24, 2.45) is 0 Å². The lowest BCUT2D eigenvalue weighted by atomic mass is 10.9. The summed E-state index contributed by atoms with van der Waals surface area (Å²) in [5.41, 5.74) is 0. The molecule has 3 nitrogen and oxygen atoms in total. The molecule has 4 heteroatoms. The first-order valence-corrected chi connectivity index (χ1v) is 5.07. The molecule has 0 aromatic heterocycles. The van der Waals surface area contributed by atoms with E-state index in [-0.39, 0.29) is 0 Å². The van der Waals surface area contributed by atoms with Gasteiger partial charge in [0.2, 0.25) is 0 Å². The Balaban J connectivity index is 3.50. The summed E-state index contributed by atoms with van der Waals surface area (Å²) in [6.07, 6.45) is 0. The maximum absolute atomic E-state index is 5.39. The average Bonchev–Trinajstić information content (AvgIpc) is 1.87. The Bertz CT molecular complexity index is 74.1. The summed E-state index contributed by atoms with van der Waals surface area (Å²) in [6.45, 7) is 5.47. The SMILES string of the molecule is CCO[SiH](OCC)N(C)C. The third-order valence-electron chi connectivity index (χ3n) is 1.04. The van der Waals surface area contributed by atoms with Crippen LogP contribution >= 0.6 is 0 Å². The molecule has 0 aliphatic heterocycles. The van der Waals surface area contributed by atoms with E-state index >= 15 is 0 Å². The van der Waals surface area contributed by atoms with E-state index < -0.39 is 9.45 Å². The Hall–Kier alpha value is 0.0969. The third kappa shape index (κ3) is 4.00. The Labute approximate surface area is 64.9 Å². The van der Waals surface area contributed by atoms with Crippen molar-refractivity contribution in [2.75, 3.05) is 27.3 Å². The fraction of sp³-hybridized carbons (Fsp3) is 1.00. The van der Waals surface area contributed by atoms with E-state index in [2.05, 4.69) is 0 Å². The van der Waals surface area contributed by atoms with Gasteiger partial charge in [0.05, 0.1) is 0 Å². The van der Waals surface area contributed by atoms with Gasteiger partial charge in [-0.3, -0.25) is 4.57 Å². The summed E-state index contributed by atoms with van der Waals surface area (Å²) < 4.78 is 12.8. The zero-order chi connectivity index (χ0) is 7.98. The van der Waals surface area contributed by atoms with Gasteiger partial charge >= 0.3 is 9.45 Å². The number of hydrogen-bond donors (Lipinski definition) is 0. The van der Waals surface area contributed by atoms with Crippen LogP contribution in [-0.4, -0.2) is 41.3 Å². The molecule has 62 valence electrons. The maximum Gasteiger partial charge on any atom is 0.410 e. The van der Waals surface area contributed by atoms with E-state index in [1.807, 2.05) is 32.5 Å². The molecule has 0 rings (SSSR count). The van der Waals surface area contributed by atoms with E-state index in [1.54, 1.807) is 0 Å². The molecule has 0 aromatic rings. The van der Waals surface area contributed by atoms with Crippen molar-refractivity contribution in [3.8, 4) is 0 Å². The van der Waals surface area contributed by atoms with Gasteiger partial charge < -0.3 is 8.85 Å². The molecule has 10 heavy (non-hydrogen) atoms. The fourth-order valence-electron chi connectivity index (χ4n) is 0.631. The predicted octanol–water partition coefficient (Wildman–Crippen LogP) is 0.338. The van der Waals surface area contributed by atoms with Crippen LogP contribution in [0.25, 0.3) is 0 Å². The second-order valence-corrected chi connectivity index (χ2v) is 4.49. The van der Waals surface area contributed by atoms with Crippen molar-refractivity contribution < 1.29 is 8.85 Å². The summed E-state index contributed by atoms with van der Waals surface area (Å²) in [5, 5.41) is 0. The minimum atomic E-state index is -1.47. The van der Waals surface area contributed by atoms with Crippen LogP contribution in [-0.2, 0) is 8.85 Å². The highest BCUT2D eigenvalue weighted by Gasteiger charge is 2.14. The van der Waals surface area contributed by atoms with Crippen molar-refractivity contribution in [1.82, 2.24) is 4.57 Å². The Morgan fingerprint density at radius 3 is 1.70 bits per heavy atom. The summed E-state index contributed by atoms with van der Waals surface area (Å²) in [6, 6.07) is 0. The van der Waals surface area contributed by atoms with E-state index in [9.17, 15) is 0 Å². The molecule has 0 bridgehead atoms. The molecule has 0 unspecified atom stereocenters. The van der Waals surface area contributed by atoms with Gasteiger partial charge in [0.1, 0.15) is 0 Å². The van der Waals surface area contributed by atoms with Gasteiger partial charge in [-0.25, -0.2) is 0 Å². The van der Waals surface area contributed by atoms with Gasteiger partial charge in [-0.15, -0.1) is 0 Å². The molecular weight excluding hydrogens is 146 g/mol. The Kier molecular flexibility index (Phi) is 5.91. The van der Waals surface area contributed by atoms with Gasteiger partial charge in [-0.05, 0) is 27.9 Å². The summed E-state index contributed by atoms with van der Waals surface area (Å²) in [5.74, 6) is 0. The third-order valence-corrected chi connectivity index (χ3v) is 3.12. The lowest BCUT2D eigenvalue weighted by Gasteiger charge is -2.20. The van der Waals surface area contributed by atoms with Crippen LogP contribution in [0.15, 0.2) is 0 Å². The van der Waals surface area contributed by atoms with Crippen LogP contribution in [0.4, 0.5) is 0 Å². The second kappa shape index (κ2) is 5.85. The minimum Gasteiger partial charge on any atom is -0.385 e. The number of hydrogen-bond acceptors (Lipinski definition) is 3. The van der Waals surface area contributed by atoms with Gasteiger partial charge in [0.15, 0.2) is 0 Å². The molecular formula is C6H17NO2Si. The molecule has 0 N–H and O–H groups in total. The lowest BCUT2D eigenvalue weighted by molar-refractivity contribution is 0.173. The minimum absolute atomic E-state index is 0.745. The summed E-state index contributed by atoms with van der Waals surface area (Å²) in [7, 11) is 2.50. The molecule has 0 saturated heterocycles. The fourth-order valence-corrected chi connectivity index (χ4v) is 1.89. The molecule has 0 radical (unpaired) electrons. The molecule has 0 fully saturated rings. The topological polar surface area (TPSA) is 21.7 Å². The number of nitrogens with zero attached hydrogens (tertiary/aromatic N) is 1. The van der Waals surface area contributed by atoms with Crippen LogP contribution in [0.3, 0.4) is 0 Å². The molecule has 0 atom stereocenters. The van der Waals surface area contributed by atoms with Crippen molar-refractivity contribution in [2.45, 2.75) is 13.8 Å². The standard InChI is InChI=1S/C6H17NO2Si/c1-5-8-10(7(3)4)9-6-2/h10H,5-6H2,1-4H3. The van der Waals surface area contributed by atoms with Crippen LogP contribution in [0.1, 0.15) is 13.8 Å². The largest absolute Gasteiger partial charge is 0.410 e. The highest BCUT2D eigenvalue weighted by molar-refractivity contribution is 6.40. The Morgan fingerprint density at radius 1 is 1.10 bits per heavy atom. The molecule has 0 saturated carbocycles. The maximum atomic E-state index is 5.39. The summed E-state index contributed by atoms with van der Waals surface area (Å²) >= 11 is 0. The second-order valence-electron chi connectivity index (χ2n) is 2.18. The highest BCUT2D eigenvalue weighted by Crippen LogP contribution is 1.91. The van der Waals surface area contributed by atoms with Crippen LogP contribution in [0, 0.1) is 0 Å². The molecule has 0 amide bonds. The zero-order valence-corrected chi connectivity index (χ0v) is 8.41. The quantitative estimate of drug-likeness (QED) is 0.546. The van der Waals surface area contributed by atoms with Crippen molar-refractivity contribution in [3.63, 3.8) is 0 Å². The summed E-state index contributed by atoms with van der Waals surface area (Å²) in [4.78, 5) is 0. The average molecular weight is 163 g/mol.